The van der Waals surface area contributed by atoms with Crippen molar-refractivity contribution in [3.8, 4) is 0 Å². The highest BCUT2D eigenvalue weighted by Gasteiger charge is 2.25. The first kappa shape index (κ1) is 34.3. The number of hydrogen-bond acceptors (Lipinski definition) is 2. The highest BCUT2D eigenvalue weighted by Crippen LogP contribution is 2.51. The summed E-state index contributed by atoms with van der Waals surface area (Å²) in [4.78, 5) is 22.7. The van der Waals surface area contributed by atoms with Gasteiger partial charge >= 0.3 is 11.9 Å². The molecule has 0 bridgehead atoms. The summed E-state index contributed by atoms with van der Waals surface area (Å²) in [6.45, 7) is 4.51. The van der Waals surface area contributed by atoms with Crippen LogP contribution in [0.1, 0.15) is 155 Å². The lowest BCUT2D eigenvalue weighted by Crippen LogP contribution is -2.21. The van der Waals surface area contributed by atoms with Crippen molar-refractivity contribution >= 4 is 22.0 Å². The van der Waals surface area contributed by atoms with Gasteiger partial charge in [0.25, 0.3) is 0 Å². The molecule has 0 saturated heterocycles. The lowest BCUT2D eigenvalue weighted by atomic mass is 10.1. The third-order valence-electron chi connectivity index (χ3n) is 7.36. The normalized spacial score (nSPS) is 12.2. The fourth-order valence-corrected chi connectivity index (χ4v) is 9.08. The molecule has 4 nitrogen and oxygen atoms in total. The summed E-state index contributed by atoms with van der Waals surface area (Å²) in [5, 5.41) is 18.7. The van der Waals surface area contributed by atoms with Gasteiger partial charge in [0, 0.05) is 0 Å². The molecule has 0 aliphatic heterocycles. The van der Waals surface area contributed by atoms with Gasteiger partial charge < -0.3 is 10.2 Å². The predicted molar refractivity (Wildman–Crippen MR) is 155 cm³/mol. The maximum Gasteiger partial charge on any atom is 0.304 e. The monoisotopic (exact) mass is 516 g/mol. The van der Waals surface area contributed by atoms with Crippen LogP contribution in [0.5, 0.6) is 0 Å². The summed E-state index contributed by atoms with van der Waals surface area (Å²) in [5.41, 5.74) is 0. The molecule has 0 unspecified atom stereocenters. The van der Waals surface area contributed by atoms with Crippen molar-refractivity contribution in [2.45, 2.75) is 155 Å². The van der Waals surface area contributed by atoms with Crippen LogP contribution in [0.25, 0.3) is 0 Å². The second kappa shape index (κ2) is 25.0. The molecular formula is C30H60O4S. The number of carboxylic acid groups (broad SMARTS) is 2. The molecule has 0 aromatic rings. The van der Waals surface area contributed by atoms with E-state index in [2.05, 4.69) is 13.8 Å². The van der Waals surface area contributed by atoms with Gasteiger partial charge in [-0.15, -0.1) is 0 Å². The minimum Gasteiger partial charge on any atom is -0.481 e. The van der Waals surface area contributed by atoms with Gasteiger partial charge in [0.1, 0.15) is 0 Å². The summed E-state index contributed by atoms with van der Waals surface area (Å²) in [7, 11) is -1.16. The zero-order valence-electron chi connectivity index (χ0n) is 23.5. The van der Waals surface area contributed by atoms with E-state index in [1.54, 1.807) is 0 Å². The maximum absolute atomic E-state index is 11.4. The van der Waals surface area contributed by atoms with E-state index in [1.165, 1.54) is 116 Å². The molecule has 2 N–H and O–H groups in total. The maximum atomic E-state index is 11.4. The number of aliphatic carboxylic acids is 2. The number of unbranched alkanes of at least 4 members (excludes halogenated alkanes) is 18. The quantitative estimate of drug-likeness (QED) is 0.101. The third kappa shape index (κ3) is 23.4. The van der Waals surface area contributed by atoms with E-state index < -0.39 is 22.0 Å². The van der Waals surface area contributed by atoms with Gasteiger partial charge in [-0.2, -0.15) is 0 Å². The van der Waals surface area contributed by atoms with E-state index >= 15 is 0 Å². The summed E-state index contributed by atoms with van der Waals surface area (Å²) >= 11 is 0. The van der Waals surface area contributed by atoms with E-state index in [9.17, 15) is 19.8 Å². The van der Waals surface area contributed by atoms with Crippen molar-refractivity contribution in [2.75, 3.05) is 23.0 Å². The summed E-state index contributed by atoms with van der Waals surface area (Å²) < 4.78 is 0. The molecule has 35 heavy (non-hydrogen) atoms. The van der Waals surface area contributed by atoms with Gasteiger partial charge in [-0.05, 0) is 35.9 Å². The Labute approximate surface area is 219 Å². The van der Waals surface area contributed by atoms with E-state index in [1.807, 2.05) is 0 Å². The van der Waals surface area contributed by atoms with E-state index in [0.29, 0.717) is 11.5 Å². The highest BCUT2D eigenvalue weighted by atomic mass is 32.3. The standard InChI is InChI=1S/C30H60O4S/c1-3-5-7-9-11-13-15-17-19-21-25-35(27-23-29(31)32,28-24-30(33)34)26-22-20-18-16-14-12-10-8-6-4-2/h3-28H2,1-2H3,(H,31,32)(H,33,34). The molecule has 0 aliphatic rings. The molecule has 5 heteroatoms. The van der Waals surface area contributed by atoms with Crippen molar-refractivity contribution in [2.24, 2.45) is 0 Å². The third-order valence-corrected chi connectivity index (χ3v) is 11.8. The van der Waals surface area contributed by atoms with Gasteiger partial charge in [-0.1, -0.05) is 129 Å². The molecular weight excluding hydrogens is 456 g/mol. The van der Waals surface area contributed by atoms with Crippen LogP contribution < -0.4 is 0 Å². The summed E-state index contributed by atoms with van der Waals surface area (Å²) in [6.07, 6.45) is 26.4. The minimum absolute atomic E-state index is 0.199. The Hall–Kier alpha value is -0.710. The topological polar surface area (TPSA) is 74.6 Å². The molecule has 0 aliphatic carbocycles. The molecule has 0 heterocycles. The zero-order valence-corrected chi connectivity index (χ0v) is 24.3. The molecule has 0 amide bonds. The van der Waals surface area contributed by atoms with Crippen molar-refractivity contribution in [3.63, 3.8) is 0 Å². The van der Waals surface area contributed by atoms with Crippen LogP contribution >= 0.6 is 10.0 Å². The lowest BCUT2D eigenvalue weighted by molar-refractivity contribution is -0.137. The average Bonchev–Trinajstić information content (AvgIpc) is 2.83. The Bertz CT molecular complexity index is 451. The van der Waals surface area contributed by atoms with Gasteiger partial charge in [-0.3, -0.25) is 9.59 Å². The second-order valence-electron chi connectivity index (χ2n) is 10.7. The minimum atomic E-state index is -1.16. The Kier molecular flexibility index (Phi) is 24.5. The van der Waals surface area contributed by atoms with Crippen LogP contribution in [0.15, 0.2) is 0 Å². The van der Waals surface area contributed by atoms with E-state index in [-0.39, 0.29) is 12.8 Å². The molecule has 0 radical (unpaired) electrons. The van der Waals surface area contributed by atoms with Gasteiger partial charge in [-0.25, -0.2) is 10.0 Å². The lowest BCUT2D eigenvalue weighted by Gasteiger charge is -2.40. The molecule has 0 fully saturated rings. The Morgan fingerprint density at radius 1 is 0.429 bits per heavy atom. The van der Waals surface area contributed by atoms with Crippen LogP contribution in [0.3, 0.4) is 0 Å². The van der Waals surface area contributed by atoms with Crippen molar-refractivity contribution < 1.29 is 19.8 Å². The molecule has 0 rings (SSSR count). The molecule has 0 aromatic heterocycles. The van der Waals surface area contributed by atoms with Crippen LogP contribution in [-0.2, 0) is 9.59 Å². The molecule has 0 spiro atoms. The van der Waals surface area contributed by atoms with Gasteiger partial charge in [0.05, 0.1) is 12.8 Å². The predicted octanol–water partition coefficient (Wildman–Crippen LogP) is 9.58. The van der Waals surface area contributed by atoms with Crippen LogP contribution in [-0.4, -0.2) is 45.2 Å². The second-order valence-corrected chi connectivity index (χ2v) is 14.8. The van der Waals surface area contributed by atoms with E-state index in [0.717, 1.165) is 24.3 Å². The number of rotatable bonds is 28. The average molecular weight is 517 g/mol. The smallest absolute Gasteiger partial charge is 0.304 e. The van der Waals surface area contributed by atoms with Crippen molar-refractivity contribution in [1.82, 2.24) is 0 Å². The van der Waals surface area contributed by atoms with Gasteiger partial charge in [0.2, 0.25) is 0 Å². The fourth-order valence-electron chi connectivity index (χ4n) is 5.01. The summed E-state index contributed by atoms with van der Waals surface area (Å²) in [6, 6.07) is 0. The largest absolute Gasteiger partial charge is 0.481 e. The Morgan fingerprint density at radius 2 is 0.686 bits per heavy atom. The zero-order chi connectivity index (χ0) is 26.0. The first-order chi connectivity index (χ1) is 17.0. The summed E-state index contributed by atoms with van der Waals surface area (Å²) in [5.74, 6) is 2.10. The first-order valence-corrected chi connectivity index (χ1v) is 17.4. The first-order valence-electron chi connectivity index (χ1n) is 15.1. The number of hydrogen-bond donors (Lipinski definition) is 2. The molecule has 0 atom stereocenters. The van der Waals surface area contributed by atoms with E-state index in [4.69, 9.17) is 0 Å². The van der Waals surface area contributed by atoms with Crippen molar-refractivity contribution in [3.05, 3.63) is 0 Å². The SMILES string of the molecule is CCCCCCCCCCCCS(CCCCCCCCCCCC)(CCC(=O)O)CCC(=O)O. The highest BCUT2D eigenvalue weighted by molar-refractivity contribution is 8.33. The Morgan fingerprint density at radius 3 is 0.943 bits per heavy atom. The van der Waals surface area contributed by atoms with Crippen LogP contribution in [0.2, 0.25) is 0 Å². The van der Waals surface area contributed by atoms with Crippen molar-refractivity contribution in [1.29, 1.82) is 0 Å². The fraction of sp³-hybridized carbons (Fsp3) is 0.933. The molecule has 0 saturated carbocycles. The number of carbonyl (C=O) groups is 2. The molecule has 210 valence electrons. The Balaban J connectivity index is 4.43. The van der Waals surface area contributed by atoms with Gasteiger partial charge in [0.15, 0.2) is 0 Å². The van der Waals surface area contributed by atoms with Crippen LogP contribution in [0.4, 0.5) is 0 Å². The van der Waals surface area contributed by atoms with Crippen LogP contribution in [0, 0.1) is 0 Å². The molecule has 0 aromatic carbocycles. The number of carboxylic acids is 2.